The van der Waals surface area contributed by atoms with Crippen LogP contribution >= 0.6 is 0 Å². The largest absolute Gasteiger partial charge is 0.444 e. The van der Waals surface area contributed by atoms with E-state index < -0.39 is 5.60 Å². The van der Waals surface area contributed by atoms with Crippen LogP contribution in [0.2, 0.25) is 0 Å². The summed E-state index contributed by atoms with van der Waals surface area (Å²) in [6, 6.07) is 0. The van der Waals surface area contributed by atoms with Crippen LogP contribution in [0.4, 0.5) is 4.79 Å². The molecule has 0 aromatic heterocycles. The van der Waals surface area contributed by atoms with Gasteiger partial charge < -0.3 is 9.64 Å². The van der Waals surface area contributed by atoms with Crippen LogP contribution in [-0.4, -0.2) is 47.7 Å². The number of carbonyl (C=O) groups is 2. The fourth-order valence-electron chi connectivity index (χ4n) is 1.17. The highest BCUT2D eigenvalue weighted by Crippen LogP contribution is 2.12. The van der Waals surface area contributed by atoms with Crippen molar-refractivity contribution in [1.29, 1.82) is 0 Å². The summed E-state index contributed by atoms with van der Waals surface area (Å²) in [5.74, 6) is 0. The summed E-state index contributed by atoms with van der Waals surface area (Å²) in [5.41, 5.74) is -0.480. The van der Waals surface area contributed by atoms with E-state index >= 15 is 0 Å². The number of amides is 2. The number of nitrogens with zero attached hydrogens (tertiary/aromatic N) is 2. The Labute approximate surface area is 83.6 Å². The highest BCUT2D eigenvalue weighted by Gasteiger charge is 2.27. The fraction of sp³-hybridized carbons (Fsp3) is 0.778. The predicted octanol–water partition coefficient (Wildman–Crippen LogP) is 0.653. The molecule has 5 nitrogen and oxygen atoms in total. The molecule has 1 heterocycles. The highest BCUT2D eigenvalue weighted by molar-refractivity contribution is 5.69. The SMILES string of the molecule is CC(C)(C)OC(=O)N1CCN(C=O)C1. The molecular weight excluding hydrogens is 184 g/mol. The Bertz CT molecular complexity index is 235. The average Bonchev–Trinajstić information content (AvgIpc) is 2.48. The van der Waals surface area contributed by atoms with Gasteiger partial charge in [0.05, 0.1) is 6.67 Å². The van der Waals surface area contributed by atoms with Crippen molar-refractivity contribution in [3.63, 3.8) is 0 Å². The first kappa shape index (κ1) is 10.8. The molecule has 0 saturated carbocycles. The standard InChI is InChI=1S/C9H16N2O3/c1-9(2,3)14-8(13)11-5-4-10(6-11)7-12/h7H,4-6H2,1-3H3. The molecule has 1 rings (SSSR count). The minimum atomic E-state index is -0.480. The van der Waals surface area contributed by atoms with Gasteiger partial charge in [-0.3, -0.25) is 9.69 Å². The molecule has 1 fully saturated rings. The predicted molar refractivity (Wildman–Crippen MR) is 50.6 cm³/mol. The number of rotatable bonds is 1. The van der Waals surface area contributed by atoms with Gasteiger partial charge in [0.25, 0.3) is 0 Å². The van der Waals surface area contributed by atoms with Crippen molar-refractivity contribution < 1.29 is 14.3 Å². The van der Waals surface area contributed by atoms with E-state index in [1.807, 2.05) is 20.8 Å². The van der Waals surface area contributed by atoms with Crippen LogP contribution in [0.3, 0.4) is 0 Å². The van der Waals surface area contributed by atoms with Crippen LogP contribution in [0.25, 0.3) is 0 Å². The normalized spacial score (nSPS) is 17.1. The van der Waals surface area contributed by atoms with Crippen LogP contribution < -0.4 is 0 Å². The molecule has 0 N–H and O–H groups in total. The average molecular weight is 200 g/mol. The van der Waals surface area contributed by atoms with E-state index in [0.29, 0.717) is 19.8 Å². The summed E-state index contributed by atoms with van der Waals surface area (Å²) in [7, 11) is 0. The summed E-state index contributed by atoms with van der Waals surface area (Å²) in [4.78, 5) is 24.9. The van der Waals surface area contributed by atoms with E-state index in [2.05, 4.69) is 0 Å². The number of hydrogen-bond acceptors (Lipinski definition) is 3. The van der Waals surface area contributed by atoms with Gasteiger partial charge in [-0.1, -0.05) is 0 Å². The molecule has 14 heavy (non-hydrogen) atoms. The van der Waals surface area contributed by atoms with Gasteiger partial charge in [0.1, 0.15) is 5.60 Å². The fourth-order valence-corrected chi connectivity index (χ4v) is 1.17. The molecule has 0 aliphatic carbocycles. The first-order chi connectivity index (χ1) is 6.42. The molecule has 0 aromatic rings. The molecule has 5 heteroatoms. The molecule has 0 bridgehead atoms. The quantitative estimate of drug-likeness (QED) is 0.584. The lowest BCUT2D eigenvalue weighted by Gasteiger charge is -2.23. The van der Waals surface area contributed by atoms with E-state index in [1.165, 1.54) is 9.80 Å². The monoisotopic (exact) mass is 200 g/mol. The molecule has 1 aliphatic heterocycles. The third-order valence-corrected chi connectivity index (χ3v) is 1.81. The molecule has 2 amide bonds. The third-order valence-electron chi connectivity index (χ3n) is 1.81. The molecule has 0 aromatic carbocycles. The van der Waals surface area contributed by atoms with Gasteiger partial charge in [-0.25, -0.2) is 4.79 Å². The molecule has 1 saturated heterocycles. The third kappa shape index (κ3) is 2.90. The zero-order valence-electron chi connectivity index (χ0n) is 8.82. The van der Waals surface area contributed by atoms with Crippen molar-refractivity contribution in [2.24, 2.45) is 0 Å². The maximum atomic E-state index is 11.5. The van der Waals surface area contributed by atoms with Crippen LogP contribution in [0.5, 0.6) is 0 Å². The molecule has 0 spiro atoms. The molecule has 0 unspecified atom stereocenters. The Morgan fingerprint density at radius 3 is 2.43 bits per heavy atom. The summed E-state index contributed by atoms with van der Waals surface area (Å²) < 4.78 is 5.16. The Morgan fingerprint density at radius 1 is 1.36 bits per heavy atom. The van der Waals surface area contributed by atoms with Gasteiger partial charge in [-0.15, -0.1) is 0 Å². The lowest BCUT2D eigenvalue weighted by Crippen LogP contribution is -2.36. The minimum Gasteiger partial charge on any atom is -0.444 e. The Kier molecular flexibility index (Phi) is 2.98. The second kappa shape index (κ2) is 3.86. The highest BCUT2D eigenvalue weighted by atomic mass is 16.6. The zero-order chi connectivity index (χ0) is 10.8. The second-order valence-electron chi connectivity index (χ2n) is 4.30. The van der Waals surface area contributed by atoms with Gasteiger partial charge in [-0.2, -0.15) is 0 Å². The van der Waals surface area contributed by atoms with Gasteiger partial charge in [0.2, 0.25) is 6.41 Å². The molecule has 80 valence electrons. The van der Waals surface area contributed by atoms with E-state index in [0.717, 1.165) is 6.41 Å². The van der Waals surface area contributed by atoms with E-state index in [4.69, 9.17) is 4.74 Å². The summed E-state index contributed by atoms with van der Waals surface area (Å²) in [6.45, 7) is 6.92. The summed E-state index contributed by atoms with van der Waals surface area (Å²) in [6.07, 6.45) is 0.381. The first-order valence-electron chi connectivity index (χ1n) is 4.59. The van der Waals surface area contributed by atoms with Crippen molar-refractivity contribution in [1.82, 2.24) is 9.80 Å². The lowest BCUT2D eigenvalue weighted by atomic mass is 10.2. The van der Waals surface area contributed by atoms with Gasteiger partial charge in [-0.05, 0) is 20.8 Å². The number of carbonyl (C=O) groups excluding carboxylic acids is 2. The smallest absolute Gasteiger partial charge is 0.411 e. The van der Waals surface area contributed by atoms with E-state index in [-0.39, 0.29) is 6.09 Å². The van der Waals surface area contributed by atoms with Crippen molar-refractivity contribution in [2.75, 3.05) is 19.8 Å². The number of hydrogen-bond donors (Lipinski definition) is 0. The Hall–Kier alpha value is -1.26. The number of ether oxygens (including phenoxy) is 1. The Balaban J connectivity index is 2.43. The minimum absolute atomic E-state index is 0.332. The summed E-state index contributed by atoms with van der Waals surface area (Å²) in [5, 5.41) is 0. The molecule has 1 aliphatic rings. The van der Waals surface area contributed by atoms with Crippen LogP contribution in [0, 0.1) is 0 Å². The maximum absolute atomic E-state index is 11.5. The van der Waals surface area contributed by atoms with E-state index in [1.54, 1.807) is 0 Å². The summed E-state index contributed by atoms with van der Waals surface area (Å²) >= 11 is 0. The van der Waals surface area contributed by atoms with Gasteiger partial charge in [0.15, 0.2) is 0 Å². The van der Waals surface area contributed by atoms with Crippen molar-refractivity contribution in [3.8, 4) is 0 Å². The van der Waals surface area contributed by atoms with Crippen molar-refractivity contribution in [2.45, 2.75) is 26.4 Å². The van der Waals surface area contributed by atoms with Gasteiger partial charge in [0, 0.05) is 13.1 Å². The van der Waals surface area contributed by atoms with Crippen molar-refractivity contribution in [3.05, 3.63) is 0 Å². The van der Waals surface area contributed by atoms with E-state index in [9.17, 15) is 9.59 Å². The molecule has 0 radical (unpaired) electrons. The van der Waals surface area contributed by atoms with Crippen LogP contribution in [0.15, 0.2) is 0 Å². The zero-order valence-corrected chi connectivity index (χ0v) is 8.82. The topological polar surface area (TPSA) is 49.9 Å². The molecule has 0 atom stereocenters. The first-order valence-corrected chi connectivity index (χ1v) is 4.59. The maximum Gasteiger partial charge on any atom is 0.411 e. The van der Waals surface area contributed by atoms with Crippen LogP contribution in [-0.2, 0) is 9.53 Å². The van der Waals surface area contributed by atoms with Crippen molar-refractivity contribution >= 4 is 12.5 Å². The van der Waals surface area contributed by atoms with Crippen LogP contribution in [0.1, 0.15) is 20.8 Å². The van der Waals surface area contributed by atoms with Gasteiger partial charge >= 0.3 is 6.09 Å². The Morgan fingerprint density at radius 2 is 2.00 bits per heavy atom. The lowest BCUT2D eigenvalue weighted by molar-refractivity contribution is -0.117. The molecular formula is C9H16N2O3. The second-order valence-corrected chi connectivity index (χ2v) is 4.30.